The molecule has 0 saturated heterocycles. The summed E-state index contributed by atoms with van der Waals surface area (Å²) in [5.41, 5.74) is 10.00. The van der Waals surface area contributed by atoms with E-state index in [9.17, 15) is 0 Å². The van der Waals surface area contributed by atoms with Crippen molar-refractivity contribution < 1.29 is 0 Å². The highest BCUT2D eigenvalue weighted by atomic mass is 14.2. The summed E-state index contributed by atoms with van der Waals surface area (Å²) in [4.78, 5) is 0. The van der Waals surface area contributed by atoms with Crippen LogP contribution in [0.25, 0.3) is 87.6 Å². The molecule has 0 aliphatic rings. The standard InChI is InChI=1S/C46H30/c1-3-15-31(16-4-1)35-20-9-10-22-38(35)46-41-25-13-11-23-39(41)45(40-24-12-14-26-42(40)46)34-29-43(32-17-5-2-6-18-32)37-28-27-33-19-7-8-21-36(33)44(37)30-34/h1-30H. The van der Waals surface area contributed by atoms with Crippen molar-refractivity contribution in [1.29, 1.82) is 0 Å². The molecule has 0 unspecified atom stereocenters. The van der Waals surface area contributed by atoms with E-state index in [1.165, 1.54) is 87.6 Å². The van der Waals surface area contributed by atoms with E-state index >= 15 is 0 Å². The first-order valence-corrected chi connectivity index (χ1v) is 15.9. The first-order valence-electron chi connectivity index (χ1n) is 15.9. The first kappa shape index (κ1) is 26.4. The van der Waals surface area contributed by atoms with Gasteiger partial charge in [0.1, 0.15) is 0 Å². The lowest BCUT2D eigenvalue weighted by Gasteiger charge is -2.21. The number of hydrogen-bond donors (Lipinski definition) is 0. The Labute approximate surface area is 268 Å². The van der Waals surface area contributed by atoms with E-state index in [1.807, 2.05) is 0 Å². The molecule has 0 aromatic heterocycles. The molecule has 0 N–H and O–H groups in total. The highest BCUT2D eigenvalue weighted by Crippen LogP contribution is 2.47. The second-order valence-electron chi connectivity index (χ2n) is 12.0. The normalized spacial score (nSPS) is 11.5. The Morgan fingerprint density at radius 3 is 1.33 bits per heavy atom. The maximum Gasteiger partial charge on any atom is -0.00201 e. The molecule has 0 aliphatic heterocycles. The number of rotatable bonds is 4. The third kappa shape index (κ3) is 4.23. The quantitative estimate of drug-likeness (QED) is 0.143. The Bertz CT molecular complexity index is 2500. The Morgan fingerprint density at radius 1 is 0.217 bits per heavy atom. The fraction of sp³-hybridized carbons (Fsp3) is 0. The molecule has 214 valence electrons. The molecule has 0 saturated carbocycles. The van der Waals surface area contributed by atoms with Crippen molar-refractivity contribution in [3.63, 3.8) is 0 Å². The van der Waals surface area contributed by atoms with Crippen molar-refractivity contribution in [2.75, 3.05) is 0 Å². The number of hydrogen-bond acceptors (Lipinski definition) is 0. The van der Waals surface area contributed by atoms with Gasteiger partial charge in [-0.05, 0) is 99.7 Å². The molecule has 9 aromatic rings. The van der Waals surface area contributed by atoms with Crippen molar-refractivity contribution in [1.82, 2.24) is 0 Å². The summed E-state index contributed by atoms with van der Waals surface area (Å²) in [6, 6.07) is 66.5. The predicted octanol–water partition coefficient (Wildman–Crippen LogP) is 13.0. The lowest BCUT2D eigenvalue weighted by atomic mass is 9.82. The van der Waals surface area contributed by atoms with E-state index in [1.54, 1.807) is 0 Å². The van der Waals surface area contributed by atoms with Crippen LogP contribution in [0, 0.1) is 0 Å². The van der Waals surface area contributed by atoms with Gasteiger partial charge in [-0.1, -0.05) is 170 Å². The molecule has 0 fully saturated rings. The SMILES string of the molecule is c1ccc(-c2ccccc2-c2c3ccccc3c(-c3cc(-c4ccccc4)c4ccc5ccccc5c4c3)c3ccccc23)cc1. The Kier molecular flexibility index (Phi) is 6.25. The second-order valence-corrected chi connectivity index (χ2v) is 12.0. The lowest BCUT2D eigenvalue weighted by molar-refractivity contribution is 1.61. The molecule has 0 heteroatoms. The topological polar surface area (TPSA) is 0 Å². The molecule has 46 heavy (non-hydrogen) atoms. The van der Waals surface area contributed by atoms with Crippen LogP contribution in [0.5, 0.6) is 0 Å². The molecule has 0 atom stereocenters. The maximum absolute atomic E-state index is 2.43. The zero-order valence-electron chi connectivity index (χ0n) is 25.3. The van der Waals surface area contributed by atoms with Crippen LogP contribution in [-0.4, -0.2) is 0 Å². The van der Waals surface area contributed by atoms with Gasteiger partial charge in [-0.15, -0.1) is 0 Å². The lowest BCUT2D eigenvalue weighted by Crippen LogP contribution is -1.93. The van der Waals surface area contributed by atoms with Gasteiger partial charge >= 0.3 is 0 Å². The minimum absolute atomic E-state index is 1.23. The van der Waals surface area contributed by atoms with E-state index in [-0.39, 0.29) is 0 Å². The highest BCUT2D eigenvalue weighted by molar-refractivity contribution is 6.24. The van der Waals surface area contributed by atoms with Gasteiger partial charge in [-0.2, -0.15) is 0 Å². The molecule has 0 spiro atoms. The van der Waals surface area contributed by atoms with Crippen LogP contribution in [0.15, 0.2) is 182 Å². The fourth-order valence-electron chi connectivity index (χ4n) is 7.42. The summed E-state index contributed by atoms with van der Waals surface area (Å²) in [6.45, 7) is 0. The largest absolute Gasteiger partial charge is 0.0622 e. The average molecular weight is 583 g/mol. The highest BCUT2D eigenvalue weighted by Gasteiger charge is 2.20. The van der Waals surface area contributed by atoms with Gasteiger partial charge in [0.15, 0.2) is 0 Å². The third-order valence-electron chi connectivity index (χ3n) is 9.45. The van der Waals surface area contributed by atoms with Crippen molar-refractivity contribution in [2.45, 2.75) is 0 Å². The van der Waals surface area contributed by atoms with E-state index in [0.29, 0.717) is 0 Å². The number of fused-ring (bicyclic) bond motifs is 5. The number of benzene rings is 9. The van der Waals surface area contributed by atoms with Crippen molar-refractivity contribution in [3.05, 3.63) is 182 Å². The van der Waals surface area contributed by atoms with Crippen LogP contribution >= 0.6 is 0 Å². The smallest absolute Gasteiger partial charge is 0.00201 e. The van der Waals surface area contributed by atoms with Crippen molar-refractivity contribution in [2.24, 2.45) is 0 Å². The van der Waals surface area contributed by atoms with Gasteiger partial charge in [0, 0.05) is 0 Å². The maximum atomic E-state index is 2.43. The summed E-state index contributed by atoms with van der Waals surface area (Å²) in [6.07, 6.45) is 0. The molecule has 0 radical (unpaired) electrons. The zero-order chi connectivity index (χ0) is 30.5. The minimum Gasteiger partial charge on any atom is -0.0622 e. The monoisotopic (exact) mass is 582 g/mol. The molecule has 9 aromatic carbocycles. The van der Waals surface area contributed by atoms with Crippen LogP contribution < -0.4 is 0 Å². The Hall–Kier alpha value is -5.98. The summed E-state index contributed by atoms with van der Waals surface area (Å²) in [5, 5.41) is 10.1. The van der Waals surface area contributed by atoms with Gasteiger partial charge in [0.05, 0.1) is 0 Å². The molecule has 0 bridgehead atoms. The van der Waals surface area contributed by atoms with Crippen LogP contribution in [0.1, 0.15) is 0 Å². The van der Waals surface area contributed by atoms with Gasteiger partial charge in [0.25, 0.3) is 0 Å². The minimum atomic E-state index is 1.23. The second kappa shape index (κ2) is 10.9. The molecule has 0 heterocycles. The summed E-state index contributed by atoms with van der Waals surface area (Å²) in [7, 11) is 0. The van der Waals surface area contributed by atoms with Gasteiger partial charge in [-0.25, -0.2) is 0 Å². The first-order chi connectivity index (χ1) is 22.8. The Morgan fingerprint density at radius 2 is 0.696 bits per heavy atom. The third-order valence-corrected chi connectivity index (χ3v) is 9.45. The van der Waals surface area contributed by atoms with E-state index in [0.717, 1.165) is 0 Å². The fourth-order valence-corrected chi connectivity index (χ4v) is 7.42. The van der Waals surface area contributed by atoms with Crippen molar-refractivity contribution >= 4 is 43.1 Å². The summed E-state index contributed by atoms with van der Waals surface area (Å²) in [5.74, 6) is 0. The summed E-state index contributed by atoms with van der Waals surface area (Å²) < 4.78 is 0. The van der Waals surface area contributed by atoms with E-state index in [2.05, 4.69) is 182 Å². The van der Waals surface area contributed by atoms with E-state index in [4.69, 9.17) is 0 Å². The van der Waals surface area contributed by atoms with Gasteiger partial charge in [0.2, 0.25) is 0 Å². The van der Waals surface area contributed by atoms with Crippen LogP contribution in [0.4, 0.5) is 0 Å². The molecule has 0 aliphatic carbocycles. The molecule has 9 rings (SSSR count). The van der Waals surface area contributed by atoms with Crippen LogP contribution in [0.2, 0.25) is 0 Å². The van der Waals surface area contributed by atoms with Crippen molar-refractivity contribution in [3.8, 4) is 44.5 Å². The molecule has 0 amide bonds. The molecular weight excluding hydrogens is 553 g/mol. The summed E-state index contributed by atoms with van der Waals surface area (Å²) >= 11 is 0. The predicted molar refractivity (Wildman–Crippen MR) is 198 cm³/mol. The van der Waals surface area contributed by atoms with E-state index < -0.39 is 0 Å². The molecule has 0 nitrogen and oxygen atoms in total. The molecular formula is C46H30. The zero-order valence-corrected chi connectivity index (χ0v) is 25.3. The van der Waals surface area contributed by atoms with Crippen LogP contribution in [-0.2, 0) is 0 Å². The Balaban J connectivity index is 1.42. The van der Waals surface area contributed by atoms with Gasteiger partial charge < -0.3 is 0 Å². The average Bonchev–Trinajstić information content (AvgIpc) is 3.14. The van der Waals surface area contributed by atoms with Crippen LogP contribution in [0.3, 0.4) is 0 Å². The van der Waals surface area contributed by atoms with Gasteiger partial charge in [-0.3, -0.25) is 0 Å².